The van der Waals surface area contributed by atoms with Gasteiger partial charge in [-0.1, -0.05) is 30.3 Å². The number of ether oxygens (including phenoxy) is 3. The molecule has 1 amide bonds. The van der Waals surface area contributed by atoms with E-state index >= 15 is 0 Å². The number of likely N-dealkylation sites (tertiary alicyclic amines) is 1. The summed E-state index contributed by atoms with van der Waals surface area (Å²) in [6, 6.07) is 7.28. The number of esters is 1. The number of rotatable bonds is 12. The Morgan fingerprint density at radius 1 is 1.19 bits per heavy atom. The lowest BCUT2D eigenvalue weighted by atomic mass is 10.0. The third kappa shape index (κ3) is 6.75. The molecule has 1 heterocycles. The van der Waals surface area contributed by atoms with Gasteiger partial charge in [-0.15, -0.1) is 0 Å². The van der Waals surface area contributed by atoms with Crippen LogP contribution in [0, 0.1) is 5.92 Å². The SMILES string of the molecule is CCOC(=O)[C@H](CCc1ccccc1)N[C@@H](C)C(=O)N1C[C@@H](C(OC)OC)C[C@@H]1C(=O)O. The maximum Gasteiger partial charge on any atom is 0.326 e. The number of hydrogen-bond acceptors (Lipinski definition) is 7. The van der Waals surface area contributed by atoms with Crippen LogP contribution in [-0.2, 0) is 35.0 Å². The molecule has 2 N–H and O–H groups in total. The van der Waals surface area contributed by atoms with E-state index in [1.54, 1.807) is 13.8 Å². The lowest BCUT2D eigenvalue weighted by Crippen LogP contribution is -2.53. The highest BCUT2D eigenvalue weighted by Crippen LogP contribution is 2.28. The number of nitrogens with zero attached hydrogens (tertiary/aromatic N) is 1. The number of hydrogen-bond donors (Lipinski definition) is 2. The van der Waals surface area contributed by atoms with Crippen LogP contribution < -0.4 is 5.32 Å². The van der Waals surface area contributed by atoms with Crippen LogP contribution in [0.1, 0.15) is 32.3 Å². The molecule has 2 rings (SSSR count). The molecule has 0 aromatic heterocycles. The Hall–Kier alpha value is -2.49. The molecule has 1 aliphatic rings. The van der Waals surface area contributed by atoms with Crippen molar-refractivity contribution < 1.29 is 33.7 Å². The first-order valence-electron chi connectivity index (χ1n) is 10.9. The minimum absolute atomic E-state index is 0.197. The van der Waals surface area contributed by atoms with Crippen molar-refractivity contribution in [1.82, 2.24) is 10.2 Å². The van der Waals surface area contributed by atoms with Crippen molar-refractivity contribution in [3.05, 3.63) is 35.9 Å². The molecule has 9 nitrogen and oxygen atoms in total. The first kappa shape index (κ1) is 25.8. The van der Waals surface area contributed by atoms with Gasteiger partial charge >= 0.3 is 11.9 Å². The minimum Gasteiger partial charge on any atom is -0.480 e. The molecule has 0 spiro atoms. The van der Waals surface area contributed by atoms with E-state index in [0.717, 1.165) is 5.56 Å². The fourth-order valence-electron chi connectivity index (χ4n) is 4.11. The van der Waals surface area contributed by atoms with E-state index in [4.69, 9.17) is 14.2 Å². The molecule has 4 atom stereocenters. The number of carboxylic acids is 1. The van der Waals surface area contributed by atoms with E-state index in [2.05, 4.69) is 5.32 Å². The number of carboxylic acid groups (broad SMARTS) is 1. The van der Waals surface area contributed by atoms with E-state index in [-0.39, 0.29) is 31.4 Å². The summed E-state index contributed by atoms with van der Waals surface area (Å²) in [6.07, 6.45) is 0.706. The first-order valence-corrected chi connectivity index (χ1v) is 10.9. The summed E-state index contributed by atoms with van der Waals surface area (Å²) in [5, 5.41) is 12.7. The third-order valence-electron chi connectivity index (χ3n) is 5.71. The van der Waals surface area contributed by atoms with Gasteiger partial charge in [0.05, 0.1) is 12.6 Å². The highest BCUT2D eigenvalue weighted by Gasteiger charge is 2.44. The van der Waals surface area contributed by atoms with Crippen LogP contribution in [-0.4, -0.2) is 79.6 Å². The maximum absolute atomic E-state index is 13.2. The molecule has 1 aliphatic heterocycles. The van der Waals surface area contributed by atoms with Crippen molar-refractivity contribution in [2.45, 2.75) is 57.5 Å². The van der Waals surface area contributed by atoms with Gasteiger partial charge in [0.2, 0.25) is 5.91 Å². The van der Waals surface area contributed by atoms with Crippen molar-refractivity contribution >= 4 is 17.8 Å². The van der Waals surface area contributed by atoms with Crippen molar-refractivity contribution in [3.63, 3.8) is 0 Å². The average molecular weight is 451 g/mol. The maximum atomic E-state index is 13.2. The Bertz CT molecular complexity index is 754. The Labute approximate surface area is 189 Å². The predicted octanol–water partition coefficient (Wildman–Crippen LogP) is 1.45. The summed E-state index contributed by atoms with van der Waals surface area (Å²) in [6.45, 7) is 3.79. The number of methoxy groups -OCH3 is 2. The second-order valence-corrected chi connectivity index (χ2v) is 7.90. The monoisotopic (exact) mass is 450 g/mol. The molecule has 1 fully saturated rings. The summed E-state index contributed by atoms with van der Waals surface area (Å²) in [7, 11) is 2.96. The molecule has 1 aromatic rings. The molecule has 9 heteroatoms. The molecule has 1 saturated heterocycles. The minimum atomic E-state index is -1.08. The lowest BCUT2D eigenvalue weighted by Gasteiger charge is -2.28. The van der Waals surface area contributed by atoms with Crippen LogP contribution >= 0.6 is 0 Å². The van der Waals surface area contributed by atoms with Gasteiger partial charge < -0.3 is 24.2 Å². The van der Waals surface area contributed by atoms with Crippen LogP contribution in [0.15, 0.2) is 30.3 Å². The lowest BCUT2D eigenvalue weighted by molar-refractivity contribution is -0.150. The second kappa shape index (κ2) is 12.5. The van der Waals surface area contributed by atoms with Crippen LogP contribution in [0.4, 0.5) is 0 Å². The molecule has 0 unspecified atom stereocenters. The van der Waals surface area contributed by atoms with Gasteiger partial charge in [-0.3, -0.25) is 14.9 Å². The van der Waals surface area contributed by atoms with Gasteiger partial charge in [-0.05, 0) is 38.7 Å². The van der Waals surface area contributed by atoms with E-state index in [1.807, 2.05) is 30.3 Å². The van der Waals surface area contributed by atoms with Crippen molar-refractivity contribution in [1.29, 1.82) is 0 Å². The number of benzene rings is 1. The Kier molecular flexibility index (Phi) is 10.1. The zero-order valence-electron chi connectivity index (χ0n) is 19.2. The largest absolute Gasteiger partial charge is 0.480 e. The van der Waals surface area contributed by atoms with Gasteiger partial charge in [0.1, 0.15) is 12.1 Å². The fourth-order valence-corrected chi connectivity index (χ4v) is 4.11. The summed E-state index contributed by atoms with van der Waals surface area (Å²) >= 11 is 0. The quantitative estimate of drug-likeness (QED) is 0.363. The van der Waals surface area contributed by atoms with Crippen molar-refractivity contribution in [2.24, 2.45) is 5.92 Å². The van der Waals surface area contributed by atoms with E-state index in [9.17, 15) is 19.5 Å². The van der Waals surface area contributed by atoms with Crippen LogP contribution in [0.5, 0.6) is 0 Å². The number of carbonyl (C=O) groups excluding carboxylic acids is 2. The van der Waals surface area contributed by atoms with Gasteiger partial charge in [0.25, 0.3) is 0 Å². The summed E-state index contributed by atoms with van der Waals surface area (Å²) in [5.74, 6) is -2.16. The second-order valence-electron chi connectivity index (χ2n) is 7.90. The topological polar surface area (TPSA) is 114 Å². The number of aryl methyl sites for hydroxylation is 1. The normalized spacial score (nSPS) is 20.2. The van der Waals surface area contributed by atoms with Crippen molar-refractivity contribution in [3.8, 4) is 0 Å². The molecule has 0 aliphatic carbocycles. The molecule has 32 heavy (non-hydrogen) atoms. The highest BCUT2D eigenvalue weighted by molar-refractivity contribution is 5.88. The third-order valence-corrected chi connectivity index (χ3v) is 5.71. The van der Waals surface area contributed by atoms with Crippen LogP contribution in [0.3, 0.4) is 0 Å². The summed E-state index contributed by atoms with van der Waals surface area (Å²) < 4.78 is 15.7. The molecule has 0 saturated carbocycles. The smallest absolute Gasteiger partial charge is 0.326 e. The Balaban J connectivity index is 2.09. The molecular weight excluding hydrogens is 416 g/mol. The van der Waals surface area contributed by atoms with Crippen molar-refractivity contribution in [2.75, 3.05) is 27.4 Å². The van der Waals surface area contributed by atoms with Gasteiger partial charge in [0, 0.05) is 26.7 Å². The number of nitrogens with one attached hydrogen (secondary N) is 1. The van der Waals surface area contributed by atoms with Gasteiger partial charge in [-0.25, -0.2) is 4.79 Å². The molecule has 178 valence electrons. The molecule has 0 bridgehead atoms. The molecule has 1 aromatic carbocycles. The standard InChI is InChI=1S/C23H34N2O7/c1-5-32-22(29)18(12-11-16-9-7-6-8-10-16)24-15(2)20(26)25-14-17(23(30-3)31-4)13-19(25)21(27)28/h6-10,15,17-19,23-24H,5,11-14H2,1-4H3,(H,27,28)/t15-,17-,18-,19+/m0/s1. The number of aliphatic carboxylic acids is 1. The van der Waals surface area contributed by atoms with Crippen LogP contribution in [0.2, 0.25) is 0 Å². The highest BCUT2D eigenvalue weighted by atomic mass is 16.7. The Morgan fingerprint density at radius 3 is 2.41 bits per heavy atom. The van der Waals surface area contributed by atoms with Gasteiger partial charge in [0.15, 0.2) is 6.29 Å². The summed E-state index contributed by atoms with van der Waals surface area (Å²) in [5.41, 5.74) is 1.07. The van der Waals surface area contributed by atoms with E-state index in [1.165, 1.54) is 19.1 Å². The zero-order valence-corrected chi connectivity index (χ0v) is 19.2. The zero-order chi connectivity index (χ0) is 23.7. The molecular formula is C23H34N2O7. The van der Waals surface area contributed by atoms with Gasteiger partial charge in [-0.2, -0.15) is 0 Å². The average Bonchev–Trinajstić information content (AvgIpc) is 3.23. The number of carbonyl (C=O) groups is 3. The van der Waals surface area contributed by atoms with E-state index < -0.39 is 36.4 Å². The Morgan fingerprint density at radius 2 is 1.84 bits per heavy atom. The number of amides is 1. The predicted molar refractivity (Wildman–Crippen MR) is 117 cm³/mol. The fraction of sp³-hybridized carbons (Fsp3) is 0.609. The molecule has 0 radical (unpaired) electrons. The summed E-state index contributed by atoms with van der Waals surface area (Å²) in [4.78, 5) is 38.8. The first-order chi connectivity index (χ1) is 15.3. The van der Waals surface area contributed by atoms with Crippen LogP contribution in [0.25, 0.3) is 0 Å². The van der Waals surface area contributed by atoms with E-state index in [0.29, 0.717) is 12.8 Å².